The Labute approximate surface area is 110 Å². The van der Waals surface area contributed by atoms with Crippen molar-refractivity contribution in [2.24, 2.45) is 0 Å². The predicted molar refractivity (Wildman–Crippen MR) is 72.3 cm³/mol. The lowest BCUT2D eigenvalue weighted by atomic mass is 10.3. The van der Waals surface area contributed by atoms with Gasteiger partial charge in [-0.25, -0.2) is 0 Å². The summed E-state index contributed by atoms with van der Waals surface area (Å²) in [5, 5.41) is 3.44. The summed E-state index contributed by atoms with van der Waals surface area (Å²) >= 11 is 5.38. The second-order valence-electron chi connectivity index (χ2n) is 4.21. The van der Waals surface area contributed by atoms with Gasteiger partial charge in [0.15, 0.2) is 0 Å². The van der Waals surface area contributed by atoms with Crippen LogP contribution in [0.2, 0.25) is 0 Å². The molecule has 1 aliphatic rings. The van der Waals surface area contributed by atoms with E-state index < -0.39 is 0 Å². The van der Waals surface area contributed by atoms with E-state index in [1.165, 1.54) is 27.1 Å². The maximum absolute atomic E-state index is 5.59. The Bertz CT molecular complexity index is 316. The highest BCUT2D eigenvalue weighted by Crippen LogP contribution is 2.26. The molecule has 1 aliphatic carbocycles. The Kier molecular flexibility index (Phi) is 4.82. The molecule has 1 heterocycles. The van der Waals surface area contributed by atoms with Crippen LogP contribution in [-0.2, 0) is 11.2 Å². The zero-order chi connectivity index (χ0) is 11.4. The molecule has 0 radical (unpaired) electrons. The second kappa shape index (κ2) is 6.15. The van der Waals surface area contributed by atoms with Crippen LogP contribution >= 0.6 is 27.3 Å². The van der Waals surface area contributed by atoms with E-state index in [1.807, 2.05) is 11.3 Å². The van der Waals surface area contributed by atoms with Crippen molar-refractivity contribution in [1.82, 2.24) is 5.32 Å². The van der Waals surface area contributed by atoms with Gasteiger partial charge in [0.2, 0.25) is 0 Å². The fourth-order valence-corrected chi connectivity index (χ4v) is 3.12. The zero-order valence-corrected chi connectivity index (χ0v) is 12.0. The summed E-state index contributed by atoms with van der Waals surface area (Å²) in [5.41, 5.74) is 0. The SMILES string of the molecule is Cc1sc(CCOCCNC2CC2)cc1Br. The Morgan fingerprint density at radius 1 is 1.50 bits per heavy atom. The maximum Gasteiger partial charge on any atom is 0.0591 e. The van der Waals surface area contributed by atoms with Gasteiger partial charge in [-0.1, -0.05) is 0 Å². The van der Waals surface area contributed by atoms with Gasteiger partial charge in [0.05, 0.1) is 13.2 Å². The smallest absolute Gasteiger partial charge is 0.0591 e. The van der Waals surface area contributed by atoms with Gasteiger partial charge in [-0.15, -0.1) is 11.3 Å². The zero-order valence-electron chi connectivity index (χ0n) is 9.59. The fourth-order valence-electron chi connectivity index (χ4n) is 1.54. The summed E-state index contributed by atoms with van der Waals surface area (Å²) in [4.78, 5) is 2.75. The molecule has 1 aromatic rings. The quantitative estimate of drug-likeness (QED) is 0.782. The molecule has 0 aliphatic heterocycles. The molecular formula is C12H18BrNOS. The second-order valence-corrected chi connectivity index (χ2v) is 6.40. The molecule has 1 N–H and O–H groups in total. The molecule has 1 fully saturated rings. The van der Waals surface area contributed by atoms with Crippen molar-refractivity contribution in [3.63, 3.8) is 0 Å². The van der Waals surface area contributed by atoms with Crippen LogP contribution in [0.1, 0.15) is 22.6 Å². The number of rotatable bonds is 7. The summed E-state index contributed by atoms with van der Waals surface area (Å²) in [6.45, 7) is 4.80. The van der Waals surface area contributed by atoms with Crippen LogP contribution in [0, 0.1) is 6.92 Å². The molecule has 2 rings (SSSR count). The molecule has 0 aromatic carbocycles. The Morgan fingerprint density at radius 2 is 2.31 bits per heavy atom. The first-order valence-electron chi connectivity index (χ1n) is 5.81. The molecule has 0 unspecified atom stereocenters. The third kappa shape index (κ3) is 4.17. The third-order valence-electron chi connectivity index (χ3n) is 2.66. The lowest BCUT2D eigenvalue weighted by Gasteiger charge is -2.03. The van der Waals surface area contributed by atoms with Gasteiger partial charge >= 0.3 is 0 Å². The highest BCUT2D eigenvalue weighted by molar-refractivity contribution is 9.10. The van der Waals surface area contributed by atoms with Crippen molar-refractivity contribution in [3.8, 4) is 0 Å². The Morgan fingerprint density at radius 3 is 2.94 bits per heavy atom. The van der Waals surface area contributed by atoms with E-state index in [9.17, 15) is 0 Å². The Hall–Kier alpha value is 0.100. The minimum Gasteiger partial charge on any atom is -0.380 e. The summed E-state index contributed by atoms with van der Waals surface area (Å²) in [6.07, 6.45) is 3.73. The van der Waals surface area contributed by atoms with E-state index in [0.29, 0.717) is 0 Å². The van der Waals surface area contributed by atoms with Crippen molar-refractivity contribution in [1.29, 1.82) is 0 Å². The van der Waals surface area contributed by atoms with Gasteiger partial charge in [-0.3, -0.25) is 0 Å². The lowest BCUT2D eigenvalue weighted by Crippen LogP contribution is -2.22. The van der Waals surface area contributed by atoms with Gasteiger partial charge in [-0.2, -0.15) is 0 Å². The van der Waals surface area contributed by atoms with Crippen LogP contribution in [0.4, 0.5) is 0 Å². The summed E-state index contributed by atoms with van der Waals surface area (Å²) in [6, 6.07) is 2.99. The first-order chi connectivity index (χ1) is 7.75. The molecule has 4 heteroatoms. The molecule has 0 atom stereocenters. The molecule has 16 heavy (non-hydrogen) atoms. The van der Waals surface area contributed by atoms with E-state index in [0.717, 1.165) is 32.2 Å². The van der Waals surface area contributed by atoms with Gasteiger partial charge in [0.1, 0.15) is 0 Å². The van der Waals surface area contributed by atoms with Crippen molar-refractivity contribution >= 4 is 27.3 Å². The van der Waals surface area contributed by atoms with E-state index in [2.05, 4.69) is 34.2 Å². The first kappa shape index (κ1) is 12.6. The van der Waals surface area contributed by atoms with Crippen LogP contribution in [0.3, 0.4) is 0 Å². The first-order valence-corrected chi connectivity index (χ1v) is 7.42. The number of nitrogens with one attached hydrogen (secondary N) is 1. The molecule has 90 valence electrons. The van der Waals surface area contributed by atoms with Crippen LogP contribution in [0.25, 0.3) is 0 Å². The average molecular weight is 304 g/mol. The van der Waals surface area contributed by atoms with Crippen LogP contribution in [-0.4, -0.2) is 25.8 Å². The van der Waals surface area contributed by atoms with Crippen LogP contribution in [0.15, 0.2) is 10.5 Å². The number of hydrogen-bond donors (Lipinski definition) is 1. The fraction of sp³-hybridized carbons (Fsp3) is 0.667. The van der Waals surface area contributed by atoms with E-state index in [1.54, 1.807) is 0 Å². The van der Waals surface area contributed by atoms with E-state index >= 15 is 0 Å². The van der Waals surface area contributed by atoms with Crippen molar-refractivity contribution in [3.05, 3.63) is 20.3 Å². The molecule has 2 nitrogen and oxygen atoms in total. The van der Waals surface area contributed by atoms with Crippen LogP contribution < -0.4 is 5.32 Å². The van der Waals surface area contributed by atoms with Gasteiger partial charge in [0.25, 0.3) is 0 Å². The summed E-state index contributed by atoms with van der Waals surface area (Å²) in [5.74, 6) is 0. The number of thiophene rings is 1. The van der Waals surface area contributed by atoms with Crippen molar-refractivity contribution < 1.29 is 4.74 Å². The molecular weight excluding hydrogens is 286 g/mol. The minimum atomic E-state index is 0.791. The van der Waals surface area contributed by atoms with Gasteiger partial charge in [0, 0.05) is 33.2 Å². The third-order valence-corrected chi connectivity index (χ3v) is 4.85. The predicted octanol–water partition coefficient (Wildman–Crippen LogP) is 3.13. The largest absolute Gasteiger partial charge is 0.380 e. The average Bonchev–Trinajstić information content (AvgIpc) is 3.01. The number of hydrogen-bond acceptors (Lipinski definition) is 3. The molecule has 0 amide bonds. The van der Waals surface area contributed by atoms with Gasteiger partial charge in [-0.05, 0) is 41.8 Å². The molecule has 0 bridgehead atoms. The summed E-state index contributed by atoms with van der Waals surface area (Å²) < 4.78 is 6.82. The number of aryl methyl sites for hydroxylation is 1. The van der Waals surface area contributed by atoms with Crippen molar-refractivity contribution in [2.75, 3.05) is 19.8 Å². The minimum absolute atomic E-state index is 0.791. The summed E-state index contributed by atoms with van der Waals surface area (Å²) in [7, 11) is 0. The molecule has 0 spiro atoms. The molecule has 1 saturated carbocycles. The maximum atomic E-state index is 5.59. The van der Waals surface area contributed by atoms with E-state index in [4.69, 9.17) is 4.74 Å². The van der Waals surface area contributed by atoms with E-state index in [-0.39, 0.29) is 0 Å². The molecule has 1 aromatic heterocycles. The monoisotopic (exact) mass is 303 g/mol. The van der Waals surface area contributed by atoms with Gasteiger partial charge < -0.3 is 10.1 Å². The normalized spacial score (nSPS) is 15.6. The van der Waals surface area contributed by atoms with Crippen LogP contribution in [0.5, 0.6) is 0 Å². The van der Waals surface area contributed by atoms with Crippen molar-refractivity contribution in [2.45, 2.75) is 32.2 Å². The Balaban J connectivity index is 1.53. The topological polar surface area (TPSA) is 21.3 Å². The molecule has 0 saturated heterocycles. The number of ether oxygens (including phenoxy) is 1. The highest BCUT2D eigenvalue weighted by Gasteiger charge is 2.19. The lowest BCUT2D eigenvalue weighted by molar-refractivity contribution is 0.139. The highest BCUT2D eigenvalue weighted by atomic mass is 79.9. The standard InChI is InChI=1S/C12H18BrNOS/c1-9-12(13)8-11(16-9)4-6-15-7-5-14-10-2-3-10/h8,10,14H,2-7H2,1H3. The number of halogens is 1.